The molecule has 1 aromatic carbocycles. The minimum Gasteiger partial charge on any atom is -0.342 e. The third kappa shape index (κ3) is 2.17. The number of fused-ring (bicyclic) bond motifs is 1. The van der Waals surface area contributed by atoms with Crippen LogP contribution >= 0.6 is 0 Å². The summed E-state index contributed by atoms with van der Waals surface area (Å²) in [6.45, 7) is 0. The van der Waals surface area contributed by atoms with Crippen molar-refractivity contribution < 1.29 is 9.18 Å². The highest BCUT2D eigenvalue weighted by Gasteiger charge is 2.32. The summed E-state index contributed by atoms with van der Waals surface area (Å²) < 4.78 is 13.8. The zero-order chi connectivity index (χ0) is 15.0. The zero-order valence-electron chi connectivity index (χ0n) is 11.5. The van der Waals surface area contributed by atoms with Gasteiger partial charge in [0.1, 0.15) is 11.8 Å². The van der Waals surface area contributed by atoms with Crippen LogP contribution in [-0.4, -0.2) is 23.9 Å². The van der Waals surface area contributed by atoms with E-state index in [0.717, 1.165) is 11.1 Å². The average molecular weight is 280 g/mol. The molecule has 0 radical (unpaired) electrons. The van der Waals surface area contributed by atoms with Gasteiger partial charge in [-0.1, -0.05) is 30.3 Å². The first kappa shape index (κ1) is 13.3. The maximum Gasteiger partial charge on any atom is 0.178 e. The van der Waals surface area contributed by atoms with Gasteiger partial charge in [-0.2, -0.15) is 5.26 Å². The molecule has 4 heteroatoms. The number of Topliss-reactive ketones (excluding diaryl/α,β-unsaturated/α-hetero) is 1. The maximum absolute atomic E-state index is 13.8. The number of nitrogens with zero attached hydrogens (tertiary/aromatic N) is 2. The molecular weight excluding hydrogens is 267 g/mol. The van der Waals surface area contributed by atoms with Crippen LogP contribution in [0.5, 0.6) is 0 Å². The van der Waals surface area contributed by atoms with Crippen molar-refractivity contribution in [2.45, 2.75) is 12.6 Å². The number of benzene rings is 1. The smallest absolute Gasteiger partial charge is 0.178 e. The van der Waals surface area contributed by atoms with E-state index in [1.165, 1.54) is 6.08 Å². The molecule has 1 aliphatic carbocycles. The molecule has 3 rings (SSSR count). The summed E-state index contributed by atoms with van der Waals surface area (Å²) in [7, 11) is 1.76. The molecule has 1 unspecified atom stereocenters. The summed E-state index contributed by atoms with van der Waals surface area (Å²) in [6.07, 6.45) is 1.52. The van der Waals surface area contributed by atoms with E-state index in [-0.39, 0.29) is 6.42 Å². The Labute approximate surface area is 122 Å². The lowest BCUT2D eigenvalue weighted by Gasteiger charge is -2.30. The molecule has 104 valence electrons. The van der Waals surface area contributed by atoms with E-state index in [1.54, 1.807) is 18.1 Å². The summed E-state index contributed by atoms with van der Waals surface area (Å²) in [5, 5.41) is 9.43. The third-order valence-electron chi connectivity index (χ3n) is 3.71. The van der Waals surface area contributed by atoms with Crippen molar-refractivity contribution in [1.29, 1.82) is 5.26 Å². The second kappa shape index (κ2) is 5.02. The van der Waals surface area contributed by atoms with Crippen molar-refractivity contribution in [2.24, 2.45) is 0 Å². The molecule has 0 bridgehead atoms. The predicted molar refractivity (Wildman–Crippen MR) is 77.4 cm³/mol. The van der Waals surface area contributed by atoms with Crippen LogP contribution in [0, 0.1) is 11.3 Å². The van der Waals surface area contributed by atoms with E-state index < -0.39 is 12.0 Å². The average Bonchev–Trinajstić information content (AvgIpc) is 2.49. The van der Waals surface area contributed by atoms with Crippen LogP contribution < -0.4 is 0 Å². The van der Waals surface area contributed by atoms with Gasteiger partial charge < -0.3 is 4.90 Å². The quantitative estimate of drug-likeness (QED) is 0.794. The Bertz CT molecular complexity index is 738. The summed E-state index contributed by atoms with van der Waals surface area (Å²) >= 11 is 0. The minimum absolute atomic E-state index is 0.0619. The minimum atomic E-state index is -1.60. The van der Waals surface area contributed by atoms with Crippen molar-refractivity contribution in [3.63, 3.8) is 0 Å². The van der Waals surface area contributed by atoms with Gasteiger partial charge in [-0.15, -0.1) is 0 Å². The Morgan fingerprint density at radius 1 is 1.33 bits per heavy atom. The Morgan fingerprint density at radius 3 is 2.71 bits per heavy atom. The fraction of sp³-hybridized carbons (Fsp3) is 0.176. The van der Waals surface area contributed by atoms with E-state index in [1.807, 2.05) is 30.3 Å². The second-order valence-corrected chi connectivity index (χ2v) is 5.09. The molecule has 0 saturated carbocycles. The highest BCUT2D eigenvalue weighted by molar-refractivity contribution is 5.97. The van der Waals surface area contributed by atoms with E-state index in [4.69, 9.17) is 0 Å². The number of alkyl halides is 1. The molecular formula is C17H13FN2O. The number of allylic oxidation sites excluding steroid dienone is 5. The van der Waals surface area contributed by atoms with Gasteiger partial charge >= 0.3 is 0 Å². The van der Waals surface area contributed by atoms with Gasteiger partial charge in [-0.3, -0.25) is 4.79 Å². The van der Waals surface area contributed by atoms with Crippen LogP contribution in [0.4, 0.5) is 4.39 Å². The fourth-order valence-electron chi connectivity index (χ4n) is 2.72. The van der Waals surface area contributed by atoms with Crippen LogP contribution in [0.3, 0.4) is 0 Å². The summed E-state index contributed by atoms with van der Waals surface area (Å²) in [5.41, 5.74) is 3.41. The Kier molecular flexibility index (Phi) is 3.19. The van der Waals surface area contributed by atoms with Gasteiger partial charge in [0, 0.05) is 25.2 Å². The van der Waals surface area contributed by atoms with Gasteiger partial charge in [-0.05, 0) is 22.8 Å². The van der Waals surface area contributed by atoms with Crippen LogP contribution in [0.15, 0.2) is 59.5 Å². The number of carbonyl (C=O) groups excluding carboxylic acids is 1. The summed E-state index contributed by atoms with van der Waals surface area (Å²) in [4.78, 5) is 13.3. The number of halogens is 1. The van der Waals surface area contributed by atoms with E-state index in [9.17, 15) is 14.4 Å². The van der Waals surface area contributed by atoms with Crippen molar-refractivity contribution in [1.82, 2.24) is 4.90 Å². The maximum atomic E-state index is 13.8. The second-order valence-electron chi connectivity index (χ2n) is 5.09. The summed E-state index contributed by atoms with van der Waals surface area (Å²) in [5.74, 6) is -0.439. The van der Waals surface area contributed by atoms with Gasteiger partial charge in [-0.25, -0.2) is 4.39 Å². The van der Waals surface area contributed by atoms with Gasteiger partial charge in [0.05, 0.1) is 0 Å². The standard InChI is InChI=1S/C17H13FN2O/c1-20-10-12-7-16(21)14(18)8-13(12)17(15(20)9-19)11-5-3-2-4-6-11/h2-6,8,10,14H,7H2,1H3. The molecule has 1 aromatic rings. The lowest BCUT2D eigenvalue weighted by Crippen LogP contribution is -2.26. The highest BCUT2D eigenvalue weighted by Crippen LogP contribution is 2.40. The molecule has 0 saturated heterocycles. The lowest BCUT2D eigenvalue weighted by atomic mass is 9.82. The van der Waals surface area contributed by atoms with Crippen LogP contribution in [-0.2, 0) is 4.79 Å². The number of hydrogen-bond donors (Lipinski definition) is 0. The topological polar surface area (TPSA) is 44.1 Å². The Hall–Kier alpha value is -2.67. The van der Waals surface area contributed by atoms with Gasteiger partial charge in [0.25, 0.3) is 0 Å². The van der Waals surface area contributed by atoms with Crippen molar-refractivity contribution in [3.8, 4) is 6.07 Å². The molecule has 0 fully saturated rings. The van der Waals surface area contributed by atoms with E-state index >= 15 is 0 Å². The SMILES string of the molecule is CN1C=C2CC(=O)C(F)C=C2C(c2ccccc2)=C1C#N. The number of nitriles is 1. The lowest BCUT2D eigenvalue weighted by molar-refractivity contribution is -0.121. The molecule has 2 aliphatic rings. The molecule has 0 N–H and O–H groups in total. The van der Waals surface area contributed by atoms with Crippen molar-refractivity contribution >= 4 is 11.4 Å². The zero-order valence-corrected chi connectivity index (χ0v) is 11.5. The molecule has 1 atom stereocenters. The molecule has 0 aromatic heterocycles. The number of hydrogen-bond acceptors (Lipinski definition) is 3. The van der Waals surface area contributed by atoms with Crippen LogP contribution in [0.1, 0.15) is 12.0 Å². The molecule has 3 nitrogen and oxygen atoms in total. The fourth-order valence-corrected chi connectivity index (χ4v) is 2.72. The normalized spacial score (nSPS) is 21.5. The Morgan fingerprint density at radius 2 is 2.05 bits per heavy atom. The Balaban J connectivity index is 2.24. The summed E-state index contributed by atoms with van der Waals surface area (Å²) in [6, 6.07) is 11.6. The first-order chi connectivity index (χ1) is 10.1. The highest BCUT2D eigenvalue weighted by atomic mass is 19.1. The van der Waals surface area contributed by atoms with E-state index in [0.29, 0.717) is 16.8 Å². The molecule has 0 spiro atoms. The number of rotatable bonds is 1. The molecule has 1 aliphatic heterocycles. The van der Waals surface area contributed by atoms with E-state index in [2.05, 4.69) is 6.07 Å². The molecule has 1 heterocycles. The predicted octanol–water partition coefficient (Wildman–Crippen LogP) is 2.99. The largest absolute Gasteiger partial charge is 0.342 e. The van der Waals surface area contributed by atoms with Gasteiger partial charge in [0.2, 0.25) is 0 Å². The third-order valence-corrected chi connectivity index (χ3v) is 3.71. The first-order valence-corrected chi connectivity index (χ1v) is 6.64. The van der Waals surface area contributed by atoms with Crippen molar-refractivity contribution in [2.75, 3.05) is 7.05 Å². The first-order valence-electron chi connectivity index (χ1n) is 6.64. The monoisotopic (exact) mass is 280 g/mol. The number of ketones is 1. The van der Waals surface area contributed by atoms with Crippen LogP contribution in [0.2, 0.25) is 0 Å². The molecule has 0 amide bonds. The number of carbonyl (C=O) groups is 1. The van der Waals surface area contributed by atoms with Crippen molar-refractivity contribution in [3.05, 3.63) is 65.0 Å². The van der Waals surface area contributed by atoms with Crippen LogP contribution in [0.25, 0.3) is 5.57 Å². The molecule has 21 heavy (non-hydrogen) atoms. The van der Waals surface area contributed by atoms with Gasteiger partial charge in [0.15, 0.2) is 12.0 Å².